The van der Waals surface area contributed by atoms with Crippen molar-refractivity contribution in [3.05, 3.63) is 53.6 Å². The molecule has 0 aromatic heterocycles. The number of thioether (sulfide) groups is 1. The normalized spacial score (nSPS) is 25.1. The number of carbonyl (C=O) groups is 2. The zero-order valence-corrected chi connectivity index (χ0v) is 23.5. The van der Waals surface area contributed by atoms with E-state index in [1.165, 1.54) is 24.3 Å². The quantitative estimate of drug-likeness (QED) is 0.109. The van der Waals surface area contributed by atoms with Gasteiger partial charge in [-0.15, -0.1) is 0 Å². The molecule has 2 heterocycles. The smallest absolute Gasteiger partial charge is 0.247 e. The van der Waals surface area contributed by atoms with Crippen LogP contribution in [0, 0.1) is 0 Å². The third-order valence-corrected chi connectivity index (χ3v) is 8.01. The molecule has 2 aliphatic rings. The van der Waals surface area contributed by atoms with Gasteiger partial charge < -0.3 is 62.0 Å². The van der Waals surface area contributed by atoms with E-state index in [-0.39, 0.29) is 35.2 Å². The molecule has 0 saturated carbocycles. The van der Waals surface area contributed by atoms with Crippen molar-refractivity contribution in [3.63, 3.8) is 0 Å². The lowest BCUT2D eigenvalue weighted by molar-refractivity contribution is -0.277. The number of phenols is 1. The summed E-state index contributed by atoms with van der Waals surface area (Å²) in [6.07, 6.45) is -8.54. The van der Waals surface area contributed by atoms with Crippen LogP contribution < -0.4 is 26.8 Å². The number of nitrogens with one attached hydrogen (secondary N) is 2. The summed E-state index contributed by atoms with van der Waals surface area (Å²) in [5.74, 6) is 0.580. The van der Waals surface area contributed by atoms with E-state index in [1.54, 1.807) is 34.9 Å². The highest BCUT2D eigenvalue weighted by molar-refractivity contribution is 7.99. The maximum Gasteiger partial charge on any atom is 0.247 e. The van der Waals surface area contributed by atoms with Crippen LogP contribution in [0.15, 0.2) is 42.5 Å². The summed E-state index contributed by atoms with van der Waals surface area (Å²) >= 11 is 1.75. The highest BCUT2D eigenvalue weighted by Gasteiger charge is 2.45. The number of aliphatic hydroxyl groups is 4. The van der Waals surface area contributed by atoms with Gasteiger partial charge in [-0.05, 0) is 23.8 Å². The Balaban J connectivity index is 1.63. The van der Waals surface area contributed by atoms with Crippen LogP contribution in [0.5, 0.6) is 11.5 Å². The minimum absolute atomic E-state index is 0.0417. The van der Waals surface area contributed by atoms with Crippen molar-refractivity contribution in [2.75, 3.05) is 43.1 Å². The van der Waals surface area contributed by atoms with Crippen LogP contribution in [0.2, 0.25) is 0 Å². The minimum Gasteiger partial charge on any atom is -0.506 e. The zero-order chi connectivity index (χ0) is 30.4. The van der Waals surface area contributed by atoms with Crippen LogP contribution >= 0.6 is 11.8 Å². The number of rotatable bonds is 10. The third kappa shape index (κ3) is 7.43. The van der Waals surface area contributed by atoms with Crippen molar-refractivity contribution in [2.24, 2.45) is 11.5 Å². The molecular weight excluding hydrogens is 570 g/mol. The molecule has 0 aliphatic carbocycles. The van der Waals surface area contributed by atoms with Crippen LogP contribution in [-0.2, 0) is 14.3 Å². The first kappa shape index (κ1) is 31.8. The second-order valence-electron chi connectivity index (χ2n) is 9.94. The topological polar surface area (TPSA) is 233 Å². The van der Waals surface area contributed by atoms with Crippen LogP contribution in [-0.4, -0.2) is 111 Å². The van der Waals surface area contributed by atoms with E-state index in [0.717, 1.165) is 11.5 Å². The van der Waals surface area contributed by atoms with Gasteiger partial charge in [0.05, 0.1) is 25.0 Å². The zero-order valence-electron chi connectivity index (χ0n) is 22.7. The predicted octanol–water partition coefficient (Wildman–Crippen LogP) is -1.67. The predicted molar refractivity (Wildman–Crippen MR) is 153 cm³/mol. The fourth-order valence-corrected chi connectivity index (χ4v) is 5.53. The number of aromatic hydroxyl groups is 1. The molecule has 15 heteroatoms. The number of para-hydroxylation sites is 1. The minimum atomic E-state index is -1.69. The summed E-state index contributed by atoms with van der Waals surface area (Å²) < 4.78 is 11.4. The van der Waals surface area contributed by atoms with Gasteiger partial charge in [-0.25, -0.2) is 0 Å². The van der Waals surface area contributed by atoms with Crippen molar-refractivity contribution in [1.29, 1.82) is 0 Å². The monoisotopic (exact) mass is 607 g/mol. The van der Waals surface area contributed by atoms with Gasteiger partial charge in [0, 0.05) is 30.2 Å². The van der Waals surface area contributed by atoms with Gasteiger partial charge in [-0.2, -0.15) is 11.8 Å². The van der Waals surface area contributed by atoms with Crippen LogP contribution in [0.3, 0.4) is 0 Å². The van der Waals surface area contributed by atoms with Crippen LogP contribution in [0.25, 0.3) is 0 Å². The lowest BCUT2D eigenvalue weighted by atomic mass is 9.99. The molecule has 0 radical (unpaired) electrons. The third-order valence-electron chi connectivity index (χ3n) is 7.07. The van der Waals surface area contributed by atoms with Crippen LogP contribution in [0.1, 0.15) is 23.3 Å². The van der Waals surface area contributed by atoms with Crippen molar-refractivity contribution in [1.82, 2.24) is 10.2 Å². The molecule has 42 heavy (non-hydrogen) atoms. The van der Waals surface area contributed by atoms with Gasteiger partial charge in [-0.1, -0.05) is 24.3 Å². The van der Waals surface area contributed by atoms with E-state index in [4.69, 9.17) is 20.9 Å². The summed E-state index contributed by atoms with van der Waals surface area (Å²) in [6.45, 7) is 0.242. The molecule has 11 N–H and O–H groups in total. The highest BCUT2D eigenvalue weighted by Crippen LogP contribution is 2.34. The number of anilines is 1. The maximum atomic E-state index is 13.6. The lowest BCUT2D eigenvalue weighted by Crippen LogP contribution is -2.60. The summed E-state index contributed by atoms with van der Waals surface area (Å²) in [4.78, 5) is 28.1. The number of phenolic OH excluding ortho intramolecular Hbond substituents is 1. The number of ether oxygens (including phenoxy) is 2. The van der Waals surface area contributed by atoms with E-state index in [1.807, 2.05) is 0 Å². The van der Waals surface area contributed by atoms with Gasteiger partial charge in [0.1, 0.15) is 42.0 Å². The Bertz CT molecular complexity index is 1230. The van der Waals surface area contributed by atoms with E-state index in [9.17, 15) is 35.1 Å². The van der Waals surface area contributed by atoms with Gasteiger partial charge >= 0.3 is 0 Å². The fourth-order valence-electron chi connectivity index (χ4n) is 4.62. The van der Waals surface area contributed by atoms with Gasteiger partial charge in [-0.3, -0.25) is 9.59 Å². The van der Waals surface area contributed by atoms with E-state index < -0.39 is 55.4 Å². The second-order valence-corrected chi connectivity index (χ2v) is 11.2. The molecule has 2 aromatic rings. The van der Waals surface area contributed by atoms with Gasteiger partial charge in [0.25, 0.3) is 0 Å². The summed E-state index contributed by atoms with van der Waals surface area (Å²) in [5, 5.41) is 56.6. The average molecular weight is 608 g/mol. The number of amides is 2. The van der Waals surface area contributed by atoms with Crippen molar-refractivity contribution in [2.45, 2.75) is 42.9 Å². The second kappa shape index (κ2) is 14.3. The molecule has 2 aromatic carbocycles. The Kier molecular flexibility index (Phi) is 10.9. The molecule has 2 aliphatic heterocycles. The van der Waals surface area contributed by atoms with Gasteiger partial charge in [0.2, 0.25) is 18.1 Å². The number of nitrogens with two attached hydrogens (primary N) is 2. The van der Waals surface area contributed by atoms with Crippen molar-refractivity contribution in [3.8, 4) is 11.5 Å². The first-order valence-electron chi connectivity index (χ1n) is 13.4. The highest BCUT2D eigenvalue weighted by atomic mass is 32.2. The largest absolute Gasteiger partial charge is 0.506 e. The standard InChI is InChI=1S/C27H37N5O9S/c28-25(29)14-5-6-17(34)16(11-14)31-21(26(39)30-12-20(35)32-7-9-42-10-8-32)15-3-1-2-4-18(15)40-27-24(38)23(37)22(36)19(13-33)41-27/h1-6,11,19,21-25,27,31,33-34,36-38H,7-10,12-13,28-29H2,(H,30,39). The van der Waals surface area contributed by atoms with Crippen molar-refractivity contribution < 1.29 is 44.6 Å². The number of benzene rings is 2. The fraction of sp³-hybridized carbons (Fsp3) is 0.481. The van der Waals surface area contributed by atoms with Crippen molar-refractivity contribution >= 4 is 29.3 Å². The first-order chi connectivity index (χ1) is 20.1. The number of nitrogens with zero attached hydrogens (tertiary/aromatic N) is 1. The molecule has 2 amide bonds. The number of aliphatic hydroxyl groups excluding tert-OH is 4. The van der Waals surface area contributed by atoms with E-state index in [2.05, 4.69) is 10.6 Å². The number of hydrogen-bond donors (Lipinski definition) is 9. The van der Waals surface area contributed by atoms with E-state index in [0.29, 0.717) is 18.7 Å². The SMILES string of the molecule is NC(N)c1ccc(O)c(NC(C(=O)NCC(=O)N2CCSCC2)c2ccccc2OC2OC(CO)C(O)C(O)C2O)c1. The molecule has 6 unspecified atom stereocenters. The molecule has 6 atom stereocenters. The Morgan fingerprint density at radius 3 is 2.48 bits per heavy atom. The molecule has 14 nitrogen and oxygen atoms in total. The maximum absolute atomic E-state index is 13.6. The lowest BCUT2D eigenvalue weighted by Gasteiger charge is -2.40. The Morgan fingerprint density at radius 2 is 1.79 bits per heavy atom. The van der Waals surface area contributed by atoms with Gasteiger partial charge in [0.15, 0.2) is 0 Å². The molecule has 4 rings (SSSR count). The summed E-state index contributed by atoms with van der Waals surface area (Å²) in [5.41, 5.74) is 12.4. The molecule has 230 valence electrons. The molecule has 0 bridgehead atoms. The summed E-state index contributed by atoms with van der Waals surface area (Å²) in [7, 11) is 0. The molecular formula is C27H37N5O9S. The van der Waals surface area contributed by atoms with Crippen LogP contribution in [0.4, 0.5) is 5.69 Å². The number of carbonyl (C=O) groups excluding carboxylic acids is 2. The summed E-state index contributed by atoms with van der Waals surface area (Å²) in [6, 6.07) is 9.39. The Hall–Kier alpha value is -3.15. The average Bonchev–Trinajstić information content (AvgIpc) is 3.00. The number of hydrogen-bond acceptors (Lipinski definition) is 13. The van der Waals surface area contributed by atoms with E-state index >= 15 is 0 Å². The molecule has 2 saturated heterocycles. The molecule has 2 fully saturated rings. The Labute approximate surface area is 246 Å². The Morgan fingerprint density at radius 1 is 1.07 bits per heavy atom. The molecule has 0 spiro atoms. The first-order valence-corrected chi connectivity index (χ1v) is 14.6.